The molecule has 0 saturated carbocycles. The van der Waals surface area contributed by atoms with E-state index < -0.39 is 0 Å². The molecule has 0 aromatic heterocycles. The lowest BCUT2D eigenvalue weighted by Crippen LogP contribution is -2.12. The Morgan fingerprint density at radius 2 is 1.00 bits per heavy atom. The van der Waals surface area contributed by atoms with E-state index >= 15 is 0 Å². The Labute approximate surface area is 141 Å². The molecule has 0 fully saturated rings. The van der Waals surface area contributed by atoms with Gasteiger partial charge in [0.1, 0.15) is 13.2 Å². The highest BCUT2D eigenvalue weighted by atomic mass is 32.1. The monoisotopic (exact) mass is 334 g/mol. The fourth-order valence-electron chi connectivity index (χ4n) is 1.46. The second kappa shape index (κ2) is 10.5. The van der Waals surface area contributed by atoms with E-state index in [4.69, 9.17) is 20.9 Å². The molecule has 2 aromatic rings. The van der Waals surface area contributed by atoms with Crippen LogP contribution in [0.3, 0.4) is 0 Å². The predicted octanol–water partition coefficient (Wildman–Crippen LogP) is 2.89. The van der Waals surface area contributed by atoms with Gasteiger partial charge in [-0.2, -0.15) is 0 Å². The van der Waals surface area contributed by atoms with Gasteiger partial charge in [0, 0.05) is 0 Å². The zero-order chi connectivity index (χ0) is 16.2. The minimum atomic E-state index is 0.0915. The predicted molar refractivity (Wildman–Crippen MR) is 96.0 cm³/mol. The lowest BCUT2D eigenvalue weighted by atomic mass is 10.2. The Morgan fingerprint density at radius 1 is 0.682 bits per heavy atom. The summed E-state index contributed by atoms with van der Waals surface area (Å²) >= 11 is 9.10. The minimum absolute atomic E-state index is 0.0915. The Hall–Kier alpha value is -2.18. The third-order valence-corrected chi connectivity index (χ3v) is 2.68. The molecule has 0 aliphatic carbocycles. The van der Waals surface area contributed by atoms with E-state index in [1.165, 1.54) is 0 Å². The highest BCUT2D eigenvalue weighted by Gasteiger charge is 1.92. The summed E-state index contributed by atoms with van der Waals surface area (Å²) in [5.74, 6) is 0. The molecule has 2 rings (SSSR count). The molecule has 0 amide bonds. The Balaban J connectivity index is 0.000000220. The third-order valence-electron chi connectivity index (χ3n) is 2.45. The summed E-state index contributed by atoms with van der Waals surface area (Å²) in [4.78, 5) is 0. The van der Waals surface area contributed by atoms with E-state index in [-0.39, 0.29) is 10.3 Å². The molecule has 6 heteroatoms. The van der Waals surface area contributed by atoms with E-state index in [0.717, 1.165) is 11.1 Å². The molecule has 0 unspecified atom stereocenters. The first-order valence-corrected chi connectivity index (χ1v) is 7.32. The summed E-state index contributed by atoms with van der Waals surface area (Å²) in [5.41, 5.74) is 12.4. The van der Waals surface area contributed by atoms with Crippen LogP contribution in [0.15, 0.2) is 60.7 Å². The molecule has 0 radical (unpaired) electrons. The molecule has 0 aliphatic rings. The first-order chi connectivity index (χ1) is 10.6. The van der Waals surface area contributed by atoms with Gasteiger partial charge in [-0.3, -0.25) is 0 Å². The highest BCUT2D eigenvalue weighted by molar-refractivity contribution is 7.80. The van der Waals surface area contributed by atoms with Crippen LogP contribution in [0.2, 0.25) is 0 Å². The minimum Gasteiger partial charge on any atom is -0.466 e. The average molecular weight is 334 g/mol. The van der Waals surface area contributed by atoms with E-state index in [9.17, 15) is 0 Å². The van der Waals surface area contributed by atoms with E-state index in [2.05, 4.69) is 24.4 Å². The van der Waals surface area contributed by atoms with Gasteiger partial charge in [0.25, 0.3) is 10.3 Å². The Bertz CT molecular complexity index is 524. The molecule has 0 saturated heterocycles. The topological polar surface area (TPSA) is 70.5 Å². The third kappa shape index (κ3) is 8.89. The van der Waals surface area contributed by atoms with Gasteiger partial charge in [-0.05, 0) is 35.6 Å². The first kappa shape index (κ1) is 17.9. The van der Waals surface area contributed by atoms with Gasteiger partial charge in [0.15, 0.2) is 0 Å². The van der Waals surface area contributed by atoms with Gasteiger partial charge in [-0.25, -0.2) is 0 Å². The number of benzene rings is 2. The van der Waals surface area contributed by atoms with Crippen molar-refractivity contribution in [3.8, 4) is 0 Å². The maximum absolute atomic E-state index is 5.15. The van der Waals surface area contributed by atoms with Crippen LogP contribution < -0.4 is 11.5 Å². The van der Waals surface area contributed by atoms with Crippen molar-refractivity contribution >= 4 is 34.8 Å². The van der Waals surface area contributed by atoms with Crippen molar-refractivity contribution in [1.29, 1.82) is 0 Å². The number of nitrogens with two attached hydrogens (primary N) is 2. The highest BCUT2D eigenvalue weighted by Crippen LogP contribution is 2.00. The molecule has 0 heterocycles. The smallest absolute Gasteiger partial charge is 0.254 e. The molecule has 2 aromatic carbocycles. The molecule has 4 N–H and O–H groups in total. The molecular weight excluding hydrogens is 316 g/mol. The summed E-state index contributed by atoms with van der Waals surface area (Å²) in [6, 6.07) is 19.5. The second-order valence-corrected chi connectivity index (χ2v) is 4.99. The summed E-state index contributed by atoms with van der Waals surface area (Å²) in [6.45, 7) is 0.909. The maximum Gasteiger partial charge on any atom is 0.254 e. The molecule has 4 nitrogen and oxygen atoms in total. The van der Waals surface area contributed by atoms with E-state index in [0.29, 0.717) is 13.2 Å². The normalized spacial score (nSPS) is 9.09. The lowest BCUT2D eigenvalue weighted by Gasteiger charge is -2.01. The number of hydrogen-bond donors (Lipinski definition) is 2. The zero-order valence-electron chi connectivity index (χ0n) is 12.0. The molecule has 0 bridgehead atoms. The van der Waals surface area contributed by atoms with Crippen molar-refractivity contribution < 1.29 is 9.47 Å². The van der Waals surface area contributed by atoms with Gasteiger partial charge in [0.2, 0.25) is 0 Å². The number of ether oxygens (including phenoxy) is 2. The summed E-state index contributed by atoms with van der Waals surface area (Å²) < 4.78 is 9.87. The van der Waals surface area contributed by atoms with Crippen LogP contribution >= 0.6 is 24.4 Å². The van der Waals surface area contributed by atoms with Crippen molar-refractivity contribution in [2.45, 2.75) is 13.2 Å². The number of rotatable bonds is 4. The quantitative estimate of drug-likeness (QED) is 0.838. The zero-order valence-corrected chi connectivity index (χ0v) is 13.6. The second-order valence-electron chi connectivity index (χ2n) is 4.19. The molecule has 0 spiro atoms. The van der Waals surface area contributed by atoms with Crippen LogP contribution in [0, 0.1) is 0 Å². The molecule has 116 valence electrons. The van der Waals surface area contributed by atoms with Gasteiger partial charge in [-0.1, -0.05) is 60.7 Å². The van der Waals surface area contributed by atoms with Crippen LogP contribution in [-0.2, 0) is 22.7 Å². The standard InChI is InChI=1S/2C8H9NOS/c2*9-8(11)10-6-7-4-2-1-3-5-7/h2*1-5H,6H2,(H2,9,11). The van der Waals surface area contributed by atoms with Crippen LogP contribution in [-0.4, -0.2) is 10.3 Å². The molecule has 22 heavy (non-hydrogen) atoms. The first-order valence-electron chi connectivity index (χ1n) is 6.50. The van der Waals surface area contributed by atoms with Gasteiger partial charge in [-0.15, -0.1) is 0 Å². The summed E-state index contributed by atoms with van der Waals surface area (Å²) in [7, 11) is 0. The van der Waals surface area contributed by atoms with Gasteiger partial charge in [0.05, 0.1) is 0 Å². The Morgan fingerprint density at radius 3 is 1.27 bits per heavy atom. The van der Waals surface area contributed by atoms with Gasteiger partial charge < -0.3 is 20.9 Å². The Kier molecular flexibility index (Phi) is 8.56. The van der Waals surface area contributed by atoms with Crippen LogP contribution in [0.4, 0.5) is 0 Å². The van der Waals surface area contributed by atoms with Crippen molar-refractivity contribution in [2.75, 3.05) is 0 Å². The fourth-order valence-corrected chi connectivity index (χ4v) is 1.58. The molecular formula is C16H18N2O2S2. The van der Waals surface area contributed by atoms with Crippen molar-refractivity contribution in [3.05, 3.63) is 71.8 Å². The maximum atomic E-state index is 5.15. The molecule has 0 aliphatic heterocycles. The fraction of sp³-hybridized carbons (Fsp3) is 0.125. The average Bonchev–Trinajstić information content (AvgIpc) is 2.53. The van der Waals surface area contributed by atoms with Gasteiger partial charge >= 0.3 is 0 Å². The van der Waals surface area contributed by atoms with Crippen molar-refractivity contribution in [2.24, 2.45) is 11.5 Å². The molecule has 0 atom stereocenters. The van der Waals surface area contributed by atoms with Crippen LogP contribution in [0.5, 0.6) is 0 Å². The van der Waals surface area contributed by atoms with Crippen molar-refractivity contribution in [1.82, 2.24) is 0 Å². The summed E-state index contributed by atoms with van der Waals surface area (Å²) in [5, 5.41) is 0.183. The largest absolute Gasteiger partial charge is 0.466 e. The SMILES string of the molecule is NC(=S)OCc1ccccc1.NC(=S)OCc1ccccc1. The van der Waals surface area contributed by atoms with Crippen LogP contribution in [0.1, 0.15) is 11.1 Å². The van der Waals surface area contributed by atoms with E-state index in [1.54, 1.807) is 0 Å². The van der Waals surface area contributed by atoms with Crippen molar-refractivity contribution in [3.63, 3.8) is 0 Å². The lowest BCUT2D eigenvalue weighted by molar-refractivity contribution is 0.296. The van der Waals surface area contributed by atoms with E-state index in [1.807, 2.05) is 60.7 Å². The number of hydrogen-bond acceptors (Lipinski definition) is 4. The van der Waals surface area contributed by atoms with Crippen LogP contribution in [0.25, 0.3) is 0 Å². The summed E-state index contributed by atoms with van der Waals surface area (Å²) in [6.07, 6.45) is 0. The number of thiocarbonyl (C=S) groups is 2.